The second-order valence-corrected chi connectivity index (χ2v) is 8.60. The number of nitrogens with zero attached hydrogens (tertiary/aromatic N) is 2. The summed E-state index contributed by atoms with van der Waals surface area (Å²) in [6.45, 7) is 1.01. The number of fused-ring (bicyclic) bond motifs is 1. The van der Waals surface area contributed by atoms with Gasteiger partial charge in [-0.25, -0.2) is 4.98 Å². The fourth-order valence-corrected chi connectivity index (χ4v) is 4.75. The fourth-order valence-electron chi connectivity index (χ4n) is 3.22. The van der Waals surface area contributed by atoms with E-state index in [0.29, 0.717) is 13.1 Å². The van der Waals surface area contributed by atoms with Crippen LogP contribution in [0.3, 0.4) is 0 Å². The van der Waals surface area contributed by atoms with Gasteiger partial charge in [0, 0.05) is 25.2 Å². The van der Waals surface area contributed by atoms with E-state index in [1.54, 1.807) is 28.0 Å². The average Bonchev–Trinajstić information content (AvgIpc) is 3.25. The summed E-state index contributed by atoms with van der Waals surface area (Å²) < 4.78 is 2.05. The van der Waals surface area contributed by atoms with Crippen molar-refractivity contribution in [1.29, 1.82) is 0 Å². The molecule has 7 heteroatoms. The Morgan fingerprint density at radius 1 is 1.30 bits per heavy atom. The minimum Gasteiger partial charge on any atom is -0.338 e. The molecule has 1 atom stereocenters. The van der Waals surface area contributed by atoms with E-state index in [2.05, 4.69) is 10.3 Å². The van der Waals surface area contributed by atoms with Gasteiger partial charge in [0.2, 0.25) is 11.8 Å². The second kappa shape index (κ2) is 7.70. The lowest BCUT2D eigenvalue weighted by Crippen LogP contribution is -2.28. The maximum Gasteiger partial charge on any atom is 0.229 e. The molecule has 1 saturated heterocycles. The number of carbonyl (C=O) groups is 2. The van der Waals surface area contributed by atoms with Crippen LogP contribution in [-0.4, -0.2) is 34.5 Å². The molecule has 2 amide bonds. The van der Waals surface area contributed by atoms with E-state index < -0.39 is 0 Å². The van der Waals surface area contributed by atoms with Crippen LogP contribution in [0.5, 0.6) is 0 Å². The van der Waals surface area contributed by atoms with Crippen LogP contribution in [0.4, 0.5) is 5.69 Å². The third kappa shape index (κ3) is 3.99. The number of hydrogen-bond acceptors (Lipinski definition) is 5. The lowest BCUT2D eigenvalue weighted by molar-refractivity contribution is -0.128. The molecule has 1 N–H and O–H groups in total. The Morgan fingerprint density at radius 2 is 2.11 bits per heavy atom. The zero-order chi connectivity index (χ0) is 18.8. The first-order valence-electron chi connectivity index (χ1n) is 8.69. The van der Waals surface area contributed by atoms with Crippen LogP contribution in [0.2, 0.25) is 0 Å². The minimum absolute atomic E-state index is 0.0292. The molecule has 27 heavy (non-hydrogen) atoms. The Kier molecular flexibility index (Phi) is 5.13. The van der Waals surface area contributed by atoms with Crippen LogP contribution in [0.25, 0.3) is 10.2 Å². The van der Waals surface area contributed by atoms with E-state index in [4.69, 9.17) is 0 Å². The number of thiazole rings is 1. The first kappa shape index (κ1) is 18.0. The lowest BCUT2D eigenvalue weighted by Gasteiger charge is -2.16. The highest BCUT2D eigenvalue weighted by molar-refractivity contribution is 8.00. The molecule has 0 unspecified atom stereocenters. The van der Waals surface area contributed by atoms with Crippen molar-refractivity contribution in [3.05, 3.63) is 54.1 Å². The highest BCUT2D eigenvalue weighted by Gasteiger charge is 2.34. The molecule has 0 spiro atoms. The smallest absolute Gasteiger partial charge is 0.229 e. The minimum atomic E-state index is -0.319. The van der Waals surface area contributed by atoms with Gasteiger partial charge in [-0.1, -0.05) is 42.1 Å². The van der Waals surface area contributed by atoms with Crippen molar-refractivity contribution >= 4 is 50.8 Å². The van der Waals surface area contributed by atoms with Crippen molar-refractivity contribution < 1.29 is 9.59 Å². The van der Waals surface area contributed by atoms with E-state index in [0.717, 1.165) is 25.8 Å². The lowest BCUT2D eigenvalue weighted by atomic mass is 10.1. The summed E-state index contributed by atoms with van der Waals surface area (Å²) in [4.78, 5) is 31.2. The Bertz CT molecular complexity index is 987. The molecular formula is C20H19N3O2S2. The normalized spacial score (nSPS) is 16.9. The molecule has 0 aliphatic carbocycles. The Hall–Kier alpha value is -2.38. The van der Waals surface area contributed by atoms with Crippen LogP contribution in [0.1, 0.15) is 12.0 Å². The zero-order valence-corrected chi connectivity index (χ0v) is 16.5. The summed E-state index contributed by atoms with van der Waals surface area (Å²) in [5.74, 6) is -0.394. The van der Waals surface area contributed by atoms with Gasteiger partial charge in [-0.3, -0.25) is 9.59 Å². The van der Waals surface area contributed by atoms with E-state index in [1.807, 2.05) is 54.8 Å². The van der Waals surface area contributed by atoms with Crippen molar-refractivity contribution in [1.82, 2.24) is 9.88 Å². The van der Waals surface area contributed by atoms with Gasteiger partial charge < -0.3 is 10.2 Å². The van der Waals surface area contributed by atoms with Crippen molar-refractivity contribution in [3.8, 4) is 0 Å². The van der Waals surface area contributed by atoms with Gasteiger partial charge in [0.05, 0.1) is 16.1 Å². The summed E-state index contributed by atoms with van der Waals surface area (Å²) in [7, 11) is 0. The molecule has 0 saturated carbocycles. The van der Waals surface area contributed by atoms with Crippen LogP contribution in [0, 0.1) is 5.92 Å². The van der Waals surface area contributed by atoms with Crippen LogP contribution >= 0.6 is 23.1 Å². The second-order valence-electron chi connectivity index (χ2n) is 6.52. The molecule has 2 heterocycles. The van der Waals surface area contributed by atoms with Crippen molar-refractivity contribution in [2.75, 3.05) is 18.1 Å². The number of carbonyl (C=O) groups excluding carboxylic acids is 2. The summed E-state index contributed by atoms with van der Waals surface area (Å²) in [5.41, 5.74) is 2.76. The maximum atomic E-state index is 12.6. The summed E-state index contributed by atoms with van der Waals surface area (Å²) in [5, 5.41) is 2.96. The van der Waals surface area contributed by atoms with Gasteiger partial charge in [0.25, 0.3) is 0 Å². The molecule has 2 aromatic carbocycles. The van der Waals surface area contributed by atoms with E-state index in [1.165, 1.54) is 0 Å². The number of nitrogens with one attached hydrogen (secondary N) is 1. The van der Waals surface area contributed by atoms with Gasteiger partial charge in [0.15, 0.2) is 4.34 Å². The number of rotatable bonds is 5. The van der Waals surface area contributed by atoms with E-state index in [-0.39, 0.29) is 24.2 Å². The highest BCUT2D eigenvalue weighted by atomic mass is 32.2. The number of anilines is 1. The topological polar surface area (TPSA) is 62.3 Å². The fraction of sp³-hybridized carbons (Fsp3) is 0.250. The van der Waals surface area contributed by atoms with E-state index >= 15 is 0 Å². The van der Waals surface area contributed by atoms with Crippen LogP contribution in [0.15, 0.2) is 52.9 Å². The quantitative estimate of drug-likeness (QED) is 0.661. The van der Waals surface area contributed by atoms with Crippen molar-refractivity contribution in [2.24, 2.45) is 5.92 Å². The molecule has 1 aromatic heterocycles. The van der Waals surface area contributed by atoms with Gasteiger partial charge in [-0.05, 0) is 30.0 Å². The van der Waals surface area contributed by atoms with Crippen LogP contribution in [-0.2, 0) is 16.1 Å². The molecule has 3 aromatic rings. The molecule has 5 nitrogen and oxygen atoms in total. The third-order valence-corrected chi connectivity index (χ3v) is 6.62. The maximum absolute atomic E-state index is 12.6. The van der Waals surface area contributed by atoms with E-state index in [9.17, 15) is 9.59 Å². The summed E-state index contributed by atoms with van der Waals surface area (Å²) in [6, 6.07) is 15.6. The number of hydrogen-bond donors (Lipinski definition) is 1. The van der Waals surface area contributed by atoms with Gasteiger partial charge in [-0.2, -0.15) is 0 Å². The Morgan fingerprint density at radius 3 is 2.89 bits per heavy atom. The number of benzene rings is 2. The average molecular weight is 398 g/mol. The molecule has 1 aliphatic heterocycles. The number of likely N-dealkylation sites (tertiary alicyclic amines) is 1. The predicted molar refractivity (Wildman–Crippen MR) is 110 cm³/mol. The molecule has 4 rings (SSSR count). The third-order valence-electron chi connectivity index (χ3n) is 4.61. The monoisotopic (exact) mass is 397 g/mol. The van der Waals surface area contributed by atoms with Crippen molar-refractivity contribution in [3.63, 3.8) is 0 Å². The first-order chi connectivity index (χ1) is 13.1. The number of thioether (sulfide) groups is 1. The van der Waals surface area contributed by atoms with Crippen molar-refractivity contribution in [2.45, 2.75) is 17.3 Å². The summed E-state index contributed by atoms with van der Waals surface area (Å²) in [6.07, 6.45) is 2.26. The predicted octanol–water partition coefficient (Wildman–Crippen LogP) is 4.01. The SMILES string of the molecule is CSc1nc2ccc(NC(=O)[C@@H]3CC(=O)N(Cc4ccccc4)C3)cc2s1. The Labute approximate surface area is 165 Å². The Balaban J connectivity index is 1.42. The number of amides is 2. The summed E-state index contributed by atoms with van der Waals surface area (Å²) >= 11 is 3.22. The molecule has 138 valence electrons. The zero-order valence-electron chi connectivity index (χ0n) is 14.8. The highest BCUT2D eigenvalue weighted by Crippen LogP contribution is 2.30. The van der Waals surface area contributed by atoms with Gasteiger partial charge in [0.1, 0.15) is 0 Å². The molecule has 0 bridgehead atoms. The molecule has 1 aliphatic rings. The molecular weight excluding hydrogens is 378 g/mol. The molecule has 1 fully saturated rings. The largest absolute Gasteiger partial charge is 0.338 e. The number of aromatic nitrogens is 1. The van der Waals surface area contributed by atoms with Gasteiger partial charge in [-0.15, -0.1) is 11.3 Å². The standard InChI is InChI=1S/C20H19N3O2S2/c1-26-20-22-16-8-7-15(10-17(16)27-20)21-19(25)14-9-18(24)23(12-14)11-13-5-3-2-4-6-13/h2-8,10,14H,9,11-12H2,1H3,(H,21,25)/t14-/m1/s1. The molecule has 0 radical (unpaired) electrons. The van der Waals surface area contributed by atoms with Crippen LogP contribution < -0.4 is 5.32 Å². The van der Waals surface area contributed by atoms with Gasteiger partial charge >= 0.3 is 0 Å². The first-order valence-corrected chi connectivity index (χ1v) is 10.7.